The standard InChI is InChI=1S/C18H21N3O3/c1-13-5-3-7-16(14(13)2)24-18-15(6-4-8-19-18)17(20-22)21-9-11-23-12-10-21/h3-8,22H,9-12H2,1-2H3/b20-17-. The average Bonchev–Trinajstić information content (AvgIpc) is 2.62. The van der Waals surface area contributed by atoms with Crippen LogP contribution in [0.4, 0.5) is 0 Å². The number of aryl methyl sites for hydroxylation is 1. The lowest BCUT2D eigenvalue weighted by molar-refractivity contribution is 0.0667. The smallest absolute Gasteiger partial charge is 0.230 e. The van der Waals surface area contributed by atoms with E-state index >= 15 is 0 Å². The van der Waals surface area contributed by atoms with Gasteiger partial charge in [0, 0.05) is 19.3 Å². The van der Waals surface area contributed by atoms with Crippen LogP contribution in [0.5, 0.6) is 11.6 Å². The minimum atomic E-state index is 0.422. The Morgan fingerprint density at radius 2 is 2.00 bits per heavy atom. The summed E-state index contributed by atoms with van der Waals surface area (Å²) in [6.07, 6.45) is 1.66. The molecule has 0 bridgehead atoms. The average molecular weight is 327 g/mol. The van der Waals surface area contributed by atoms with Gasteiger partial charge in [-0.15, -0.1) is 0 Å². The molecule has 2 heterocycles. The fourth-order valence-corrected chi connectivity index (χ4v) is 2.64. The van der Waals surface area contributed by atoms with Crippen molar-refractivity contribution in [1.29, 1.82) is 0 Å². The second kappa shape index (κ2) is 7.31. The molecule has 1 saturated heterocycles. The highest BCUT2D eigenvalue weighted by Crippen LogP contribution is 2.28. The monoisotopic (exact) mass is 327 g/mol. The molecule has 0 unspecified atom stereocenters. The molecule has 1 fully saturated rings. The summed E-state index contributed by atoms with van der Waals surface area (Å²) in [7, 11) is 0. The van der Waals surface area contributed by atoms with Crippen molar-refractivity contribution in [3.63, 3.8) is 0 Å². The first-order chi connectivity index (χ1) is 11.7. The third kappa shape index (κ3) is 3.33. The van der Waals surface area contributed by atoms with Crippen LogP contribution in [-0.2, 0) is 4.74 Å². The van der Waals surface area contributed by atoms with Gasteiger partial charge in [-0.25, -0.2) is 4.98 Å². The van der Waals surface area contributed by atoms with Gasteiger partial charge in [0.1, 0.15) is 5.75 Å². The fraction of sp³-hybridized carbons (Fsp3) is 0.333. The zero-order valence-electron chi connectivity index (χ0n) is 13.9. The van der Waals surface area contributed by atoms with Crippen LogP contribution in [0.15, 0.2) is 41.7 Å². The molecular formula is C18H21N3O3. The normalized spacial score (nSPS) is 15.4. The molecule has 1 aromatic heterocycles. The predicted molar refractivity (Wildman–Crippen MR) is 90.9 cm³/mol. The number of benzene rings is 1. The summed E-state index contributed by atoms with van der Waals surface area (Å²) in [5.74, 6) is 1.62. The van der Waals surface area contributed by atoms with Gasteiger partial charge in [-0.05, 0) is 43.2 Å². The Morgan fingerprint density at radius 1 is 1.21 bits per heavy atom. The fourth-order valence-electron chi connectivity index (χ4n) is 2.64. The van der Waals surface area contributed by atoms with Crippen LogP contribution in [0, 0.1) is 13.8 Å². The molecule has 0 radical (unpaired) electrons. The van der Waals surface area contributed by atoms with Gasteiger partial charge in [-0.3, -0.25) is 0 Å². The molecule has 6 nitrogen and oxygen atoms in total. The molecule has 1 aliphatic rings. The van der Waals surface area contributed by atoms with Gasteiger partial charge in [-0.1, -0.05) is 17.3 Å². The van der Waals surface area contributed by atoms with E-state index in [0.717, 1.165) is 16.9 Å². The van der Waals surface area contributed by atoms with Gasteiger partial charge in [-0.2, -0.15) is 0 Å². The van der Waals surface area contributed by atoms with E-state index in [1.54, 1.807) is 12.3 Å². The molecule has 0 spiro atoms. The maximum absolute atomic E-state index is 9.54. The highest BCUT2D eigenvalue weighted by Gasteiger charge is 2.22. The van der Waals surface area contributed by atoms with Crippen molar-refractivity contribution in [3.8, 4) is 11.6 Å². The molecular weight excluding hydrogens is 306 g/mol. The summed E-state index contributed by atoms with van der Waals surface area (Å²) in [5, 5.41) is 13.0. The van der Waals surface area contributed by atoms with E-state index in [1.165, 1.54) is 0 Å². The maximum atomic E-state index is 9.54. The van der Waals surface area contributed by atoms with Gasteiger partial charge >= 0.3 is 0 Å². The number of hydrogen-bond acceptors (Lipinski definition) is 5. The minimum absolute atomic E-state index is 0.422. The molecule has 24 heavy (non-hydrogen) atoms. The number of ether oxygens (including phenoxy) is 2. The number of oxime groups is 1. The molecule has 0 saturated carbocycles. The number of nitrogens with zero attached hydrogens (tertiary/aromatic N) is 3. The lowest BCUT2D eigenvalue weighted by Gasteiger charge is -2.29. The lowest BCUT2D eigenvalue weighted by Crippen LogP contribution is -2.41. The van der Waals surface area contributed by atoms with Crippen LogP contribution in [-0.4, -0.2) is 47.2 Å². The summed E-state index contributed by atoms with van der Waals surface area (Å²) >= 11 is 0. The minimum Gasteiger partial charge on any atom is -0.438 e. The zero-order chi connectivity index (χ0) is 16.9. The van der Waals surface area contributed by atoms with E-state index in [0.29, 0.717) is 43.6 Å². The Labute approximate surface area is 141 Å². The lowest BCUT2D eigenvalue weighted by atomic mass is 10.1. The second-order valence-corrected chi connectivity index (χ2v) is 5.68. The highest BCUT2D eigenvalue weighted by molar-refractivity contribution is 6.00. The van der Waals surface area contributed by atoms with Crippen LogP contribution in [0.2, 0.25) is 0 Å². The van der Waals surface area contributed by atoms with Gasteiger partial charge in [0.2, 0.25) is 5.88 Å². The Bertz CT molecular complexity index is 740. The summed E-state index contributed by atoms with van der Waals surface area (Å²) in [6.45, 7) is 6.58. The number of amidine groups is 1. The zero-order valence-corrected chi connectivity index (χ0v) is 13.9. The van der Waals surface area contributed by atoms with E-state index in [2.05, 4.69) is 10.1 Å². The second-order valence-electron chi connectivity index (χ2n) is 5.68. The molecule has 1 N–H and O–H groups in total. The third-order valence-electron chi connectivity index (χ3n) is 4.18. The molecule has 2 aromatic rings. The Balaban J connectivity index is 1.94. The first kappa shape index (κ1) is 16.3. The maximum Gasteiger partial charge on any atom is 0.230 e. The summed E-state index contributed by atoms with van der Waals surface area (Å²) < 4.78 is 11.4. The molecule has 0 atom stereocenters. The van der Waals surface area contributed by atoms with E-state index in [9.17, 15) is 5.21 Å². The van der Waals surface area contributed by atoms with Crippen LogP contribution >= 0.6 is 0 Å². The van der Waals surface area contributed by atoms with Crippen molar-refractivity contribution in [1.82, 2.24) is 9.88 Å². The van der Waals surface area contributed by atoms with Gasteiger partial charge in [0.15, 0.2) is 5.84 Å². The molecule has 1 aromatic carbocycles. The molecule has 3 rings (SSSR count). The molecule has 126 valence electrons. The summed E-state index contributed by atoms with van der Waals surface area (Å²) in [4.78, 5) is 6.31. The first-order valence-electron chi connectivity index (χ1n) is 7.95. The van der Waals surface area contributed by atoms with Crippen LogP contribution in [0.25, 0.3) is 0 Å². The Kier molecular flexibility index (Phi) is 4.96. The van der Waals surface area contributed by atoms with Crippen LogP contribution in [0.3, 0.4) is 0 Å². The molecule has 1 aliphatic heterocycles. The van der Waals surface area contributed by atoms with Crippen LogP contribution in [0.1, 0.15) is 16.7 Å². The molecule has 0 amide bonds. The number of rotatable bonds is 3. The van der Waals surface area contributed by atoms with E-state index < -0.39 is 0 Å². The SMILES string of the molecule is Cc1cccc(Oc2ncccc2/C(=N/O)N2CCOCC2)c1C. The van der Waals surface area contributed by atoms with Crippen molar-refractivity contribution in [2.24, 2.45) is 5.16 Å². The summed E-state index contributed by atoms with van der Waals surface area (Å²) in [5.41, 5.74) is 2.86. The largest absolute Gasteiger partial charge is 0.438 e. The van der Waals surface area contributed by atoms with Gasteiger partial charge in [0.25, 0.3) is 0 Å². The highest BCUT2D eigenvalue weighted by atomic mass is 16.5. The van der Waals surface area contributed by atoms with Crippen molar-refractivity contribution in [2.75, 3.05) is 26.3 Å². The number of morpholine rings is 1. The number of aromatic nitrogens is 1. The van der Waals surface area contributed by atoms with E-state index in [-0.39, 0.29) is 0 Å². The number of hydrogen-bond donors (Lipinski definition) is 1. The Hall–Kier alpha value is -2.60. The van der Waals surface area contributed by atoms with E-state index in [4.69, 9.17) is 9.47 Å². The van der Waals surface area contributed by atoms with Crippen molar-refractivity contribution >= 4 is 5.84 Å². The van der Waals surface area contributed by atoms with Gasteiger partial charge < -0.3 is 19.6 Å². The predicted octanol–water partition coefficient (Wildman–Crippen LogP) is 2.96. The van der Waals surface area contributed by atoms with Crippen molar-refractivity contribution in [3.05, 3.63) is 53.2 Å². The Morgan fingerprint density at radius 3 is 2.75 bits per heavy atom. The first-order valence-corrected chi connectivity index (χ1v) is 7.95. The van der Waals surface area contributed by atoms with Crippen molar-refractivity contribution in [2.45, 2.75) is 13.8 Å². The van der Waals surface area contributed by atoms with E-state index in [1.807, 2.05) is 43.0 Å². The quantitative estimate of drug-likeness (QED) is 0.406. The number of pyridine rings is 1. The molecule has 6 heteroatoms. The topological polar surface area (TPSA) is 67.2 Å². The van der Waals surface area contributed by atoms with Gasteiger partial charge in [0.05, 0.1) is 18.8 Å². The third-order valence-corrected chi connectivity index (χ3v) is 4.18. The molecule has 0 aliphatic carbocycles. The summed E-state index contributed by atoms with van der Waals surface area (Å²) in [6, 6.07) is 9.54. The van der Waals surface area contributed by atoms with Crippen LogP contribution < -0.4 is 4.74 Å². The van der Waals surface area contributed by atoms with Crippen molar-refractivity contribution < 1.29 is 14.7 Å².